The zero-order valence-corrected chi connectivity index (χ0v) is 18.2. The second-order valence-electron chi connectivity index (χ2n) is 8.12. The Hall–Kier alpha value is -1.73. The number of hydrogen-bond donors (Lipinski definition) is 0. The molecule has 3 rings (SSSR count). The van der Waals surface area contributed by atoms with Crippen LogP contribution in [0.3, 0.4) is 0 Å². The molecule has 0 spiro atoms. The Morgan fingerprint density at radius 1 is 1.36 bits per heavy atom. The maximum absolute atomic E-state index is 13.4. The highest BCUT2D eigenvalue weighted by atomic mass is 32.1. The molecule has 1 unspecified atom stereocenters. The van der Waals surface area contributed by atoms with Crippen molar-refractivity contribution in [2.24, 2.45) is 5.92 Å². The molecule has 2 aromatic rings. The van der Waals surface area contributed by atoms with Crippen LogP contribution in [-0.4, -0.2) is 41.1 Å². The number of fused-ring (bicyclic) bond motifs is 3. The van der Waals surface area contributed by atoms with E-state index in [9.17, 15) is 9.59 Å². The van der Waals surface area contributed by atoms with Gasteiger partial charge < -0.3 is 9.64 Å². The topological polar surface area (TPSA) is 64.4 Å². The van der Waals surface area contributed by atoms with Gasteiger partial charge in [-0.2, -0.15) is 0 Å². The molecule has 2 heterocycles. The summed E-state index contributed by atoms with van der Waals surface area (Å²) in [6.45, 7) is 5.21. The molecule has 0 N–H and O–H groups in total. The van der Waals surface area contributed by atoms with Crippen molar-refractivity contribution in [3.8, 4) is 0 Å². The van der Waals surface area contributed by atoms with Crippen molar-refractivity contribution in [2.75, 3.05) is 20.7 Å². The maximum atomic E-state index is 13.4. The van der Waals surface area contributed by atoms with Crippen LogP contribution >= 0.6 is 11.3 Å². The molecule has 2 aromatic heterocycles. The predicted molar refractivity (Wildman–Crippen MR) is 113 cm³/mol. The third-order valence-electron chi connectivity index (χ3n) is 5.25. The molecule has 0 amide bonds. The van der Waals surface area contributed by atoms with Crippen LogP contribution in [0.5, 0.6) is 0 Å². The lowest BCUT2D eigenvalue weighted by Crippen LogP contribution is -2.32. The van der Waals surface area contributed by atoms with E-state index < -0.39 is 0 Å². The van der Waals surface area contributed by atoms with Crippen LogP contribution in [0, 0.1) is 5.92 Å². The molecule has 1 aliphatic carbocycles. The van der Waals surface area contributed by atoms with Crippen LogP contribution in [0.1, 0.15) is 55.8 Å². The van der Waals surface area contributed by atoms with Crippen molar-refractivity contribution in [3.05, 3.63) is 26.6 Å². The number of esters is 1. The van der Waals surface area contributed by atoms with E-state index in [1.807, 2.05) is 19.0 Å². The standard InChI is InChI=1S/C21H31N3O3S/c1-5-6-7-10-27-18(25)13-24-17(12-23(3)4)22-20-19(21(24)26)15-9-8-14(2)11-16(15)28-20/h14H,5-13H2,1-4H3. The molecule has 154 valence electrons. The Labute approximate surface area is 170 Å². The van der Waals surface area contributed by atoms with Crippen molar-refractivity contribution in [1.82, 2.24) is 14.5 Å². The SMILES string of the molecule is CCCCCOC(=O)Cn1c(CN(C)C)nc2sc3c(c2c1=O)CCC(C)C3. The molecule has 0 bridgehead atoms. The molecule has 0 aromatic carbocycles. The fourth-order valence-corrected chi connectivity index (χ4v) is 5.14. The minimum Gasteiger partial charge on any atom is -0.464 e. The average Bonchev–Trinajstić information content (AvgIpc) is 2.98. The highest BCUT2D eigenvalue weighted by Crippen LogP contribution is 2.35. The van der Waals surface area contributed by atoms with Gasteiger partial charge in [-0.05, 0) is 51.3 Å². The molecule has 6 nitrogen and oxygen atoms in total. The van der Waals surface area contributed by atoms with Gasteiger partial charge in [0, 0.05) is 4.88 Å². The molecule has 7 heteroatoms. The first kappa shape index (κ1) is 21.0. The summed E-state index contributed by atoms with van der Waals surface area (Å²) in [4.78, 5) is 34.6. The van der Waals surface area contributed by atoms with Gasteiger partial charge in [-0.1, -0.05) is 26.7 Å². The third kappa shape index (κ3) is 4.63. The summed E-state index contributed by atoms with van der Waals surface area (Å²) in [5.74, 6) is 0.902. The second-order valence-corrected chi connectivity index (χ2v) is 9.20. The first-order valence-corrected chi connectivity index (χ1v) is 11.1. The summed E-state index contributed by atoms with van der Waals surface area (Å²) in [5.41, 5.74) is 1.05. The van der Waals surface area contributed by atoms with Crippen LogP contribution in [0.2, 0.25) is 0 Å². The third-order valence-corrected chi connectivity index (χ3v) is 6.40. The molecule has 0 radical (unpaired) electrons. The predicted octanol–water partition coefficient (Wildman–Crippen LogP) is 3.38. The highest BCUT2D eigenvalue weighted by Gasteiger charge is 2.25. The zero-order chi connectivity index (χ0) is 20.3. The minimum atomic E-state index is -0.364. The van der Waals surface area contributed by atoms with Gasteiger partial charge in [0.25, 0.3) is 5.56 Å². The number of hydrogen-bond acceptors (Lipinski definition) is 6. The van der Waals surface area contributed by atoms with Crippen molar-refractivity contribution in [2.45, 2.75) is 65.5 Å². The van der Waals surface area contributed by atoms with E-state index in [1.54, 1.807) is 11.3 Å². The van der Waals surface area contributed by atoms with Crippen LogP contribution in [-0.2, 0) is 35.5 Å². The quantitative estimate of drug-likeness (QED) is 0.498. The average molecular weight is 406 g/mol. The number of ether oxygens (including phenoxy) is 1. The second kappa shape index (κ2) is 9.18. The number of aryl methyl sites for hydroxylation is 1. The lowest BCUT2D eigenvalue weighted by molar-refractivity contribution is -0.144. The number of aromatic nitrogens is 2. The van der Waals surface area contributed by atoms with Gasteiger partial charge in [0.15, 0.2) is 0 Å². The summed E-state index contributed by atoms with van der Waals surface area (Å²) >= 11 is 1.65. The lowest BCUT2D eigenvalue weighted by atomic mass is 9.89. The molecule has 0 saturated heterocycles. The van der Waals surface area contributed by atoms with Crippen molar-refractivity contribution in [3.63, 3.8) is 0 Å². The molecule has 0 fully saturated rings. The lowest BCUT2D eigenvalue weighted by Gasteiger charge is -2.18. The first-order valence-electron chi connectivity index (χ1n) is 10.2. The number of unbranched alkanes of at least 4 members (excludes halogenated alkanes) is 2. The number of rotatable bonds is 8. The molecule has 28 heavy (non-hydrogen) atoms. The van der Waals surface area contributed by atoms with E-state index in [4.69, 9.17) is 9.72 Å². The smallest absolute Gasteiger partial charge is 0.326 e. The Morgan fingerprint density at radius 3 is 2.86 bits per heavy atom. The Morgan fingerprint density at radius 2 is 2.14 bits per heavy atom. The largest absolute Gasteiger partial charge is 0.464 e. The van der Waals surface area contributed by atoms with Crippen molar-refractivity contribution < 1.29 is 9.53 Å². The molecule has 0 saturated carbocycles. The first-order chi connectivity index (χ1) is 13.4. The van der Waals surface area contributed by atoms with E-state index in [0.717, 1.165) is 48.9 Å². The van der Waals surface area contributed by atoms with Crippen LogP contribution in [0.4, 0.5) is 0 Å². The molecule has 0 aliphatic heterocycles. The zero-order valence-electron chi connectivity index (χ0n) is 17.4. The molecule has 1 atom stereocenters. The van der Waals surface area contributed by atoms with E-state index >= 15 is 0 Å². The summed E-state index contributed by atoms with van der Waals surface area (Å²) in [7, 11) is 3.87. The fourth-order valence-electron chi connectivity index (χ4n) is 3.74. The number of nitrogens with zero attached hydrogens (tertiary/aromatic N) is 3. The minimum absolute atomic E-state index is 0.0713. The number of carbonyl (C=O) groups is 1. The van der Waals surface area contributed by atoms with Gasteiger partial charge in [0.1, 0.15) is 17.2 Å². The molecular weight excluding hydrogens is 374 g/mol. The van der Waals surface area contributed by atoms with Crippen LogP contribution in [0.25, 0.3) is 10.2 Å². The van der Waals surface area contributed by atoms with Gasteiger partial charge in [0.05, 0.1) is 18.5 Å². The monoisotopic (exact) mass is 405 g/mol. The van der Waals surface area contributed by atoms with E-state index in [2.05, 4.69) is 13.8 Å². The van der Waals surface area contributed by atoms with Gasteiger partial charge in [-0.15, -0.1) is 11.3 Å². The Balaban J connectivity index is 1.95. The fraction of sp³-hybridized carbons (Fsp3) is 0.667. The highest BCUT2D eigenvalue weighted by molar-refractivity contribution is 7.18. The molecular formula is C21H31N3O3S. The summed E-state index contributed by atoms with van der Waals surface area (Å²) in [6.07, 6.45) is 5.99. The summed E-state index contributed by atoms with van der Waals surface area (Å²) in [6, 6.07) is 0. The van der Waals surface area contributed by atoms with Gasteiger partial charge in [-0.3, -0.25) is 14.2 Å². The summed E-state index contributed by atoms with van der Waals surface area (Å²) < 4.78 is 6.87. The summed E-state index contributed by atoms with van der Waals surface area (Å²) in [5, 5.41) is 0.716. The Kier molecular flexibility index (Phi) is 6.88. The number of carbonyl (C=O) groups excluding carboxylic acids is 1. The van der Waals surface area contributed by atoms with Crippen molar-refractivity contribution >= 4 is 27.5 Å². The number of thiophene rings is 1. The van der Waals surface area contributed by atoms with Crippen LogP contribution < -0.4 is 5.56 Å². The van der Waals surface area contributed by atoms with E-state index in [1.165, 1.54) is 9.44 Å². The van der Waals surface area contributed by atoms with Crippen molar-refractivity contribution in [1.29, 1.82) is 0 Å². The van der Waals surface area contributed by atoms with E-state index in [0.29, 0.717) is 30.3 Å². The van der Waals surface area contributed by atoms with Gasteiger partial charge >= 0.3 is 5.97 Å². The molecule has 1 aliphatic rings. The maximum Gasteiger partial charge on any atom is 0.326 e. The van der Waals surface area contributed by atoms with Crippen LogP contribution in [0.15, 0.2) is 4.79 Å². The van der Waals surface area contributed by atoms with Gasteiger partial charge in [-0.25, -0.2) is 4.98 Å². The van der Waals surface area contributed by atoms with E-state index in [-0.39, 0.29) is 18.1 Å². The Bertz CT molecular complexity index is 900. The normalized spacial score (nSPS) is 16.5. The van der Waals surface area contributed by atoms with Gasteiger partial charge in [0.2, 0.25) is 0 Å².